The summed E-state index contributed by atoms with van der Waals surface area (Å²) >= 11 is 7.43. The highest BCUT2D eigenvalue weighted by Gasteiger charge is 2.26. The fourth-order valence-corrected chi connectivity index (χ4v) is 3.40. The summed E-state index contributed by atoms with van der Waals surface area (Å²) in [6.07, 6.45) is 3.24. The van der Waals surface area contributed by atoms with Gasteiger partial charge in [0.15, 0.2) is 5.13 Å². The Morgan fingerprint density at radius 2 is 2.18 bits per heavy atom. The van der Waals surface area contributed by atoms with Crippen molar-refractivity contribution in [3.63, 3.8) is 0 Å². The van der Waals surface area contributed by atoms with Gasteiger partial charge in [-0.3, -0.25) is 4.79 Å². The number of anilines is 2. The molecule has 0 radical (unpaired) electrons. The molecule has 0 unspecified atom stereocenters. The average Bonchev–Trinajstić information content (AvgIpc) is 3.05. The van der Waals surface area contributed by atoms with E-state index in [-0.39, 0.29) is 17.5 Å². The van der Waals surface area contributed by atoms with E-state index in [2.05, 4.69) is 15.2 Å². The largest absolute Gasteiger partial charge is 0.348 e. The maximum Gasteiger partial charge on any atom is 0.227 e. The van der Waals surface area contributed by atoms with E-state index >= 15 is 0 Å². The van der Waals surface area contributed by atoms with Gasteiger partial charge >= 0.3 is 0 Å². The van der Waals surface area contributed by atoms with Crippen LogP contribution in [-0.2, 0) is 4.79 Å². The van der Waals surface area contributed by atoms with Gasteiger partial charge in [-0.05, 0) is 31.0 Å². The van der Waals surface area contributed by atoms with Gasteiger partial charge in [0.05, 0.1) is 5.69 Å². The van der Waals surface area contributed by atoms with E-state index in [9.17, 15) is 9.18 Å². The van der Waals surface area contributed by atoms with Crippen LogP contribution in [0.5, 0.6) is 0 Å². The molecule has 3 rings (SSSR count). The Labute approximate surface area is 136 Å². The molecule has 2 aromatic rings. The number of benzene rings is 1. The summed E-state index contributed by atoms with van der Waals surface area (Å²) in [5.74, 6) is -0.743. The standard InChI is InChI=1S/C15H15ClFN3OS/c16-11-1-2-12(17)13(9-11)19-14(21)10-3-6-20(7-4-10)15-18-5-8-22-15/h1-2,5,8-10H,3-4,6-7H2,(H,19,21). The van der Waals surface area contributed by atoms with Crippen molar-refractivity contribution in [3.8, 4) is 0 Å². The molecule has 1 aliphatic heterocycles. The van der Waals surface area contributed by atoms with Crippen LogP contribution in [0.25, 0.3) is 0 Å². The Kier molecular flexibility index (Phi) is 4.59. The molecule has 22 heavy (non-hydrogen) atoms. The predicted octanol–water partition coefficient (Wildman–Crippen LogP) is 3.79. The Morgan fingerprint density at radius 3 is 2.86 bits per heavy atom. The molecule has 0 bridgehead atoms. The van der Waals surface area contributed by atoms with Crippen molar-refractivity contribution in [1.29, 1.82) is 0 Å². The Bertz CT molecular complexity index is 657. The van der Waals surface area contributed by atoms with Crippen LogP contribution in [-0.4, -0.2) is 24.0 Å². The molecule has 2 heterocycles. The molecular weight excluding hydrogens is 325 g/mol. The molecule has 0 saturated carbocycles. The van der Waals surface area contributed by atoms with Gasteiger partial charge in [-0.1, -0.05) is 11.6 Å². The molecule has 0 atom stereocenters. The van der Waals surface area contributed by atoms with Crippen molar-refractivity contribution in [2.45, 2.75) is 12.8 Å². The van der Waals surface area contributed by atoms with Crippen LogP contribution >= 0.6 is 22.9 Å². The number of hydrogen-bond donors (Lipinski definition) is 1. The lowest BCUT2D eigenvalue weighted by molar-refractivity contribution is -0.120. The highest BCUT2D eigenvalue weighted by Crippen LogP contribution is 2.26. The molecule has 4 nitrogen and oxygen atoms in total. The zero-order valence-electron chi connectivity index (χ0n) is 11.8. The van der Waals surface area contributed by atoms with E-state index in [0.717, 1.165) is 31.1 Å². The molecule has 1 amide bonds. The number of carbonyl (C=O) groups excluding carboxylic acids is 1. The van der Waals surface area contributed by atoms with Gasteiger partial charge in [0.2, 0.25) is 5.91 Å². The number of hydrogen-bond acceptors (Lipinski definition) is 4. The Balaban J connectivity index is 1.59. The first-order valence-electron chi connectivity index (χ1n) is 7.04. The number of carbonyl (C=O) groups is 1. The van der Waals surface area contributed by atoms with Crippen molar-refractivity contribution >= 4 is 39.7 Å². The van der Waals surface area contributed by atoms with Gasteiger partial charge in [0, 0.05) is 35.6 Å². The molecule has 1 saturated heterocycles. The number of aromatic nitrogens is 1. The van der Waals surface area contributed by atoms with Crippen LogP contribution in [0.15, 0.2) is 29.8 Å². The molecule has 1 aromatic carbocycles. The number of amides is 1. The molecule has 1 aliphatic rings. The molecule has 7 heteroatoms. The fourth-order valence-electron chi connectivity index (χ4n) is 2.53. The molecule has 1 fully saturated rings. The van der Waals surface area contributed by atoms with E-state index in [0.29, 0.717) is 5.02 Å². The second kappa shape index (κ2) is 6.62. The van der Waals surface area contributed by atoms with Crippen molar-refractivity contribution in [3.05, 3.63) is 40.6 Å². The van der Waals surface area contributed by atoms with E-state index in [1.165, 1.54) is 18.2 Å². The summed E-state index contributed by atoms with van der Waals surface area (Å²) in [6, 6.07) is 4.14. The highest BCUT2D eigenvalue weighted by atomic mass is 35.5. The minimum Gasteiger partial charge on any atom is -0.348 e. The smallest absolute Gasteiger partial charge is 0.227 e. The molecule has 0 aliphatic carbocycles. The van der Waals surface area contributed by atoms with Crippen molar-refractivity contribution in [1.82, 2.24) is 4.98 Å². The van der Waals surface area contributed by atoms with Crippen molar-refractivity contribution < 1.29 is 9.18 Å². The van der Waals surface area contributed by atoms with E-state index < -0.39 is 5.82 Å². The highest BCUT2D eigenvalue weighted by molar-refractivity contribution is 7.13. The maximum atomic E-state index is 13.7. The van der Waals surface area contributed by atoms with Crippen LogP contribution in [0.2, 0.25) is 5.02 Å². The first kappa shape index (κ1) is 15.2. The molecular formula is C15H15ClFN3OS. The SMILES string of the molecule is O=C(Nc1cc(Cl)ccc1F)C1CCN(c2nccs2)CC1. The first-order valence-corrected chi connectivity index (χ1v) is 8.29. The van der Waals surface area contributed by atoms with Crippen molar-refractivity contribution in [2.75, 3.05) is 23.3 Å². The summed E-state index contributed by atoms with van der Waals surface area (Å²) in [7, 11) is 0. The molecule has 0 spiro atoms. The second-order valence-corrected chi connectivity index (χ2v) is 6.50. The quantitative estimate of drug-likeness (QED) is 0.925. The number of nitrogens with one attached hydrogen (secondary N) is 1. The molecule has 1 N–H and O–H groups in total. The predicted molar refractivity (Wildman–Crippen MR) is 87.1 cm³/mol. The van der Waals surface area contributed by atoms with Gasteiger partial charge in [0.1, 0.15) is 5.82 Å². The topological polar surface area (TPSA) is 45.2 Å². The Hall–Kier alpha value is -1.66. The molecule has 116 valence electrons. The summed E-state index contributed by atoms with van der Waals surface area (Å²) in [5.41, 5.74) is 0.139. The van der Waals surface area contributed by atoms with Gasteiger partial charge in [-0.25, -0.2) is 9.37 Å². The number of piperidine rings is 1. The summed E-state index contributed by atoms with van der Waals surface area (Å²) < 4.78 is 13.7. The molecule has 1 aromatic heterocycles. The van der Waals surface area contributed by atoms with Gasteiger partial charge in [0.25, 0.3) is 0 Å². The zero-order chi connectivity index (χ0) is 15.5. The minimum atomic E-state index is -0.474. The average molecular weight is 340 g/mol. The third-order valence-corrected chi connectivity index (χ3v) is 4.81. The summed E-state index contributed by atoms with van der Waals surface area (Å²) in [6.45, 7) is 1.56. The number of rotatable bonds is 3. The second-order valence-electron chi connectivity index (χ2n) is 5.19. The number of nitrogens with zero attached hydrogens (tertiary/aromatic N) is 2. The van der Waals surface area contributed by atoms with E-state index in [1.54, 1.807) is 17.5 Å². The third-order valence-electron chi connectivity index (χ3n) is 3.74. The van der Waals surface area contributed by atoms with Crippen LogP contribution in [0.3, 0.4) is 0 Å². The zero-order valence-corrected chi connectivity index (χ0v) is 13.3. The lowest BCUT2D eigenvalue weighted by atomic mass is 9.96. The van der Waals surface area contributed by atoms with Crippen LogP contribution < -0.4 is 10.2 Å². The maximum absolute atomic E-state index is 13.7. The first-order chi connectivity index (χ1) is 10.6. The van der Waals surface area contributed by atoms with Crippen LogP contribution in [0.1, 0.15) is 12.8 Å². The van der Waals surface area contributed by atoms with Crippen LogP contribution in [0.4, 0.5) is 15.2 Å². The lowest BCUT2D eigenvalue weighted by Crippen LogP contribution is -2.38. The third kappa shape index (κ3) is 3.39. The number of halogens is 2. The monoisotopic (exact) mass is 339 g/mol. The lowest BCUT2D eigenvalue weighted by Gasteiger charge is -2.31. The fraction of sp³-hybridized carbons (Fsp3) is 0.333. The van der Waals surface area contributed by atoms with Crippen molar-refractivity contribution in [2.24, 2.45) is 5.92 Å². The summed E-state index contributed by atoms with van der Waals surface area (Å²) in [5, 5.41) is 5.97. The van der Waals surface area contributed by atoms with E-state index in [1.807, 2.05) is 5.38 Å². The van der Waals surface area contributed by atoms with Gasteiger partial charge in [-0.15, -0.1) is 11.3 Å². The van der Waals surface area contributed by atoms with Gasteiger partial charge in [-0.2, -0.15) is 0 Å². The number of thiazole rings is 1. The van der Waals surface area contributed by atoms with Gasteiger partial charge < -0.3 is 10.2 Å². The minimum absolute atomic E-state index is 0.116. The van der Waals surface area contributed by atoms with E-state index in [4.69, 9.17) is 11.6 Å². The van der Waals surface area contributed by atoms with Crippen LogP contribution in [0, 0.1) is 11.7 Å². The Morgan fingerprint density at radius 1 is 1.41 bits per heavy atom. The summed E-state index contributed by atoms with van der Waals surface area (Å²) in [4.78, 5) is 18.7. The normalized spacial score (nSPS) is 15.8.